The number of ether oxygens (including phenoxy) is 1. The molecular weight excluding hydrogens is 284 g/mol. The van der Waals surface area contributed by atoms with Crippen molar-refractivity contribution in [3.05, 3.63) is 29.6 Å². The zero-order valence-corrected chi connectivity index (χ0v) is 13.0. The van der Waals surface area contributed by atoms with Gasteiger partial charge in [0.15, 0.2) is 0 Å². The summed E-state index contributed by atoms with van der Waals surface area (Å²) in [7, 11) is 3.87. The van der Waals surface area contributed by atoms with E-state index in [0.717, 1.165) is 6.54 Å². The molecule has 120 valence electrons. The minimum Gasteiger partial charge on any atom is -0.378 e. The number of amides is 2. The minimum atomic E-state index is -0.265. The Kier molecular flexibility index (Phi) is 5.85. The second-order valence-electron chi connectivity index (χ2n) is 5.39. The van der Waals surface area contributed by atoms with Crippen LogP contribution in [0.1, 0.15) is 20.8 Å². The average molecular weight is 306 g/mol. The molecule has 0 bridgehead atoms. The highest BCUT2D eigenvalue weighted by atomic mass is 16.5. The Morgan fingerprint density at radius 3 is 2.77 bits per heavy atom. The average Bonchev–Trinajstić information content (AvgIpc) is 2.54. The number of rotatable bonds is 5. The van der Waals surface area contributed by atoms with E-state index in [1.165, 1.54) is 6.20 Å². The van der Waals surface area contributed by atoms with Crippen molar-refractivity contribution in [2.75, 3.05) is 53.5 Å². The van der Waals surface area contributed by atoms with E-state index in [4.69, 9.17) is 4.74 Å². The van der Waals surface area contributed by atoms with Gasteiger partial charge in [-0.2, -0.15) is 0 Å². The quantitative estimate of drug-likeness (QED) is 0.818. The maximum absolute atomic E-state index is 12.4. The second kappa shape index (κ2) is 7.86. The summed E-state index contributed by atoms with van der Waals surface area (Å²) in [5.41, 5.74) is 0.743. The van der Waals surface area contributed by atoms with E-state index in [0.29, 0.717) is 38.4 Å². The number of carbonyl (C=O) groups excluding carboxylic acids is 2. The molecule has 1 N–H and O–H groups in total. The van der Waals surface area contributed by atoms with Crippen LogP contribution in [0.15, 0.2) is 18.3 Å². The van der Waals surface area contributed by atoms with Crippen LogP contribution in [0, 0.1) is 0 Å². The van der Waals surface area contributed by atoms with Crippen molar-refractivity contribution in [3.63, 3.8) is 0 Å². The highest BCUT2D eigenvalue weighted by Crippen LogP contribution is 2.08. The molecule has 1 aromatic rings. The number of nitrogens with one attached hydrogen (secondary N) is 1. The molecule has 0 saturated carbocycles. The number of hydrogen-bond donors (Lipinski definition) is 1. The fourth-order valence-electron chi connectivity index (χ4n) is 2.12. The Morgan fingerprint density at radius 2 is 2.09 bits per heavy atom. The largest absolute Gasteiger partial charge is 0.378 e. The summed E-state index contributed by atoms with van der Waals surface area (Å²) < 4.78 is 5.24. The monoisotopic (exact) mass is 306 g/mol. The van der Waals surface area contributed by atoms with Crippen LogP contribution in [0.3, 0.4) is 0 Å². The fraction of sp³-hybridized carbons (Fsp3) is 0.533. The van der Waals surface area contributed by atoms with Crippen LogP contribution in [0.25, 0.3) is 0 Å². The summed E-state index contributed by atoms with van der Waals surface area (Å²) in [5.74, 6) is -0.355. The minimum absolute atomic E-state index is 0.0898. The van der Waals surface area contributed by atoms with Gasteiger partial charge in [0.25, 0.3) is 11.8 Å². The molecule has 0 atom stereocenters. The number of nitrogens with zero attached hydrogens (tertiary/aromatic N) is 3. The smallest absolute Gasteiger partial charge is 0.269 e. The van der Waals surface area contributed by atoms with Gasteiger partial charge in [-0.3, -0.25) is 14.6 Å². The molecule has 2 heterocycles. The lowest BCUT2D eigenvalue weighted by molar-refractivity contribution is 0.0303. The lowest BCUT2D eigenvalue weighted by Gasteiger charge is -2.26. The first kappa shape index (κ1) is 16.4. The molecule has 1 fully saturated rings. The van der Waals surface area contributed by atoms with Crippen LogP contribution < -0.4 is 5.32 Å². The molecule has 0 spiro atoms. The Labute approximate surface area is 130 Å². The fourth-order valence-corrected chi connectivity index (χ4v) is 2.12. The summed E-state index contributed by atoms with van der Waals surface area (Å²) in [4.78, 5) is 32.2. The molecule has 0 unspecified atom stereocenters. The van der Waals surface area contributed by atoms with E-state index in [-0.39, 0.29) is 17.5 Å². The zero-order chi connectivity index (χ0) is 15.9. The van der Waals surface area contributed by atoms with Crippen molar-refractivity contribution < 1.29 is 14.3 Å². The van der Waals surface area contributed by atoms with Crippen molar-refractivity contribution >= 4 is 11.8 Å². The van der Waals surface area contributed by atoms with Gasteiger partial charge >= 0.3 is 0 Å². The van der Waals surface area contributed by atoms with Crippen LogP contribution in [-0.4, -0.2) is 80.1 Å². The van der Waals surface area contributed by atoms with E-state index in [2.05, 4.69) is 10.3 Å². The molecule has 2 amide bonds. The molecule has 0 aromatic carbocycles. The van der Waals surface area contributed by atoms with E-state index in [1.807, 2.05) is 19.0 Å². The van der Waals surface area contributed by atoms with Crippen molar-refractivity contribution in [2.45, 2.75) is 0 Å². The van der Waals surface area contributed by atoms with Gasteiger partial charge in [-0.05, 0) is 26.2 Å². The Hall–Kier alpha value is -1.99. The number of morpholine rings is 1. The first-order valence-corrected chi connectivity index (χ1v) is 7.34. The van der Waals surface area contributed by atoms with Crippen LogP contribution in [0.5, 0.6) is 0 Å². The first-order valence-electron chi connectivity index (χ1n) is 7.34. The standard InChI is InChI=1S/C15H22N4O3/c1-18(2)6-5-17-14(20)13-11-12(3-4-16-13)15(21)19-7-9-22-10-8-19/h3-4,11H,5-10H2,1-2H3,(H,17,20). The van der Waals surface area contributed by atoms with Gasteiger partial charge in [-0.15, -0.1) is 0 Å². The van der Waals surface area contributed by atoms with Crippen LogP contribution in [-0.2, 0) is 4.74 Å². The summed E-state index contributed by atoms with van der Waals surface area (Å²) in [6.07, 6.45) is 1.49. The molecule has 1 aliphatic rings. The SMILES string of the molecule is CN(C)CCNC(=O)c1cc(C(=O)N2CCOCC2)ccn1. The lowest BCUT2D eigenvalue weighted by atomic mass is 10.2. The topological polar surface area (TPSA) is 74.8 Å². The van der Waals surface area contributed by atoms with Crippen LogP contribution in [0.2, 0.25) is 0 Å². The summed E-state index contributed by atoms with van der Waals surface area (Å²) in [5, 5.41) is 2.79. The molecule has 22 heavy (non-hydrogen) atoms. The Balaban J connectivity index is 1.99. The number of carbonyl (C=O) groups is 2. The molecule has 2 rings (SSSR count). The normalized spacial score (nSPS) is 15.0. The van der Waals surface area contributed by atoms with Gasteiger partial charge in [-0.25, -0.2) is 0 Å². The number of pyridine rings is 1. The predicted molar refractivity (Wildman–Crippen MR) is 81.8 cm³/mol. The molecule has 0 aliphatic carbocycles. The zero-order valence-electron chi connectivity index (χ0n) is 13.0. The molecule has 7 heteroatoms. The van der Waals surface area contributed by atoms with E-state index >= 15 is 0 Å². The first-order chi connectivity index (χ1) is 10.6. The number of hydrogen-bond acceptors (Lipinski definition) is 5. The van der Waals surface area contributed by atoms with Gasteiger partial charge in [-0.1, -0.05) is 0 Å². The Morgan fingerprint density at radius 1 is 1.36 bits per heavy atom. The summed E-state index contributed by atoms with van der Waals surface area (Å²) in [6, 6.07) is 3.18. The third kappa shape index (κ3) is 4.51. The van der Waals surface area contributed by atoms with Crippen molar-refractivity contribution in [2.24, 2.45) is 0 Å². The predicted octanol–water partition coefficient (Wildman–Crippen LogP) is -0.155. The molecule has 1 aliphatic heterocycles. The third-order valence-corrected chi connectivity index (χ3v) is 3.38. The highest BCUT2D eigenvalue weighted by Gasteiger charge is 2.19. The van der Waals surface area contributed by atoms with Gasteiger partial charge in [0.05, 0.1) is 13.2 Å². The van der Waals surface area contributed by atoms with E-state index in [9.17, 15) is 9.59 Å². The molecular formula is C15H22N4O3. The molecule has 1 saturated heterocycles. The lowest BCUT2D eigenvalue weighted by Crippen LogP contribution is -2.40. The van der Waals surface area contributed by atoms with Crippen LogP contribution in [0.4, 0.5) is 0 Å². The molecule has 7 nitrogen and oxygen atoms in total. The highest BCUT2D eigenvalue weighted by molar-refractivity contribution is 5.98. The van der Waals surface area contributed by atoms with Crippen molar-refractivity contribution in [3.8, 4) is 0 Å². The molecule has 1 aromatic heterocycles. The van der Waals surface area contributed by atoms with Crippen molar-refractivity contribution in [1.29, 1.82) is 0 Å². The second-order valence-corrected chi connectivity index (χ2v) is 5.39. The van der Waals surface area contributed by atoms with Gasteiger partial charge in [0.2, 0.25) is 0 Å². The number of aromatic nitrogens is 1. The van der Waals surface area contributed by atoms with Gasteiger partial charge in [0, 0.05) is 37.9 Å². The van der Waals surface area contributed by atoms with Gasteiger partial charge < -0.3 is 19.9 Å². The van der Waals surface area contributed by atoms with Crippen LogP contribution >= 0.6 is 0 Å². The maximum Gasteiger partial charge on any atom is 0.269 e. The maximum atomic E-state index is 12.4. The summed E-state index contributed by atoms with van der Waals surface area (Å²) >= 11 is 0. The third-order valence-electron chi connectivity index (χ3n) is 3.38. The Bertz CT molecular complexity index is 527. The summed E-state index contributed by atoms with van der Waals surface area (Å²) in [6.45, 7) is 3.54. The molecule has 0 radical (unpaired) electrons. The van der Waals surface area contributed by atoms with Gasteiger partial charge in [0.1, 0.15) is 5.69 Å². The number of likely N-dealkylation sites (N-methyl/N-ethyl adjacent to an activating group) is 1. The van der Waals surface area contributed by atoms with E-state index < -0.39 is 0 Å². The van der Waals surface area contributed by atoms with Crippen molar-refractivity contribution in [1.82, 2.24) is 20.1 Å². The van der Waals surface area contributed by atoms with E-state index in [1.54, 1.807) is 17.0 Å².